The van der Waals surface area contributed by atoms with Crippen molar-refractivity contribution < 1.29 is 4.39 Å². The Morgan fingerprint density at radius 1 is 1.44 bits per heavy atom. The third-order valence-electron chi connectivity index (χ3n) is 1.71. The lowest BCUT2D eigenvalue weighted by Gasteiger charge is -1.98. The van der Waals surface area contributed by atoms with Crippen LogP contribution in [-0.4, -0.2) is 9.36 Å². The summed E-state index contributed by atoms with van der Waals surface area (Å²) in [7, 11) is 0. The Labute approximate surface area is 100 Å². The molecule has 0 saturated heterocycles. The summed E-state index contributed by atoms with van der Waals surface area (Å²) in [6.45, 7) is 1.80. The van der Waals surface area contributed by atoms with Gasteiger partial charge in [-0.15, -0.1) is 0 Å². The van der Waals surface area contributed by atoms with Gasteiger partial charge < -0.3 is 0 Å². The van der Waals surface area contributed by atoms with E-state index in [0.717, 1.165) is 4.34 Å². The molecular formula is C10H6FN3S2. The van der Waals surface area contributed by atoms with Crippen molar-refractivity contribution in [2.75, 3.05) is 0 Å². The molecule has 1 aromatic heterocycles. The number of aromatic nitrogens is 2. The molecule has 0 fully saturated rings. The molecule has 6 heteroatoms. The van der Waals surface area contributed by atoms with Crippen molar-refractivity contribution in [2.24, 2.45) is 0 Å². The highest BCUT2D eigenvalue weighted by Crippen LogP contribution is 2.29. The van der Waals surface area contributed by atoms with E-state index in [4.69, 9.17) is 5.26 Å². The minimum Gasteiger partial charge on any atom is -0.213 e. The van der Waals surface area contributed by atoms with E-state index < -0.39 is 5.82 Å². The molecule has 0 atom stereocenters. The lowest BCUT2D eigenvalue weighted by molar-refractivity contribution is 0.623. The lowest BCUT2D eigenvalue weighted by atomic mass is 10.2. The molecule has 0 aliphatic carbocycles. The van der Waals surface area contributed by atoms with Gasteiger partial charge in [-0.2, -0.15) is 9.64 Å². The van der Waals surface area contributed by atoms with Crippen molar-refractivity contribution in [3.8, 4) is 6.07 Å². The largest absolute Gasteiger partial charge is 0.213 e. The van der Waals surface area contributed by atoms with Gasteiger partial charge in [0.25, 0.3) is 0 Å². The Morgan fingerprint density at radius 2 is 2.25 bits per heavy atom. The molecule has 0 bridgehead atoms. The van der Waals surface area contributed by atoms with Crippen LogP contribution in [0.4, 0.5) is 4.39 Å². The fourth-order valence-electron chi connectivity index (χ4n) is 1.11. The normalized spacial score (nSPS) is 10.1. The third kappa shape index (κ3) is 2.56. The molecule has 2 rings (SSSR count). The van der Waals surface area contributed by atoms with Crippen LogP contribution < -0.4 is 0 Å². The van der Waals surface area contributed by atoms with E-state index in [2.05, 4.69) is 9.36 Å². The number of aryl methyl sites for hydroxylation is 1. The summed E-state index contributed by atoms with van der Waals surface area (Å²) in [4.78, 5) is 4.82. The number of nitriles is 1. The first-order valence-corrected chi connectivity index (χ1v) is 5.95. The molecule has 16 heavy (non-hydrogen) atoms. The van der Waals surface area contributed by atoms with Crippen molar-refractivity contribution in [2.45, 2.75) is 16.2 Å². The summed E-state index contributed by atoms with van der Waals surface area (Å²) >= 11 is 2.57. The predicted molar refractivity (Wildman–Crippen MR) is 59.9 cm³/mol. The fourth-order valence-corrected chi connectivity index (χ4v) is 2.82. The molecule has 3 nitrogen and oxygen atoms in total. The standard InChI is InChI=1S/C10H6FN3S2/c1-6-13-10(16-14-6)15-9-3-7(5-12)2-8(11)4-9/h2-4H,1H3. The van der Waals surface area contributed by atoms with Gasteiger partial charge in [-0.1, -0.05) is 11.8 Å². The topological polar surface area (TPSA) is 49.6 Å². The number of nitrogens with zero attached hydrogens (tertiary/aromatic N) is 3. The van der Waals surface area contributed by atoms with Crippen LogP contribution in [-0.2, 0) is 0 Å². The Morgan fingerprint density at radius 3 is 2.88 bits per heavy atom. The zero-order chi connectivity index (χ0) is 11.5. The second-order valence-electron chi connectivity index (χ2n) is 3.00. The van der Waals surface area contributed by atoms with Gasteiger partial charge in [0.15, 0.2) is 4.34 Å². The maximum atomic E-state index is 13.1. The average Bonchev–Trinajstić information content (AvgIpc) is 2.63. The fraction of sp³-hybridized carbons (Fsp3) is 0.100. The first kappa shape index (κ1) is 11.0. The van der Waals surface area contributed by atoms with Gasteiger partial charge in [0.2, 0.25) is 0 Å². The van der Waals surface area contributed by atoms with E-state index in [0.29, 0.717) is 16.3 Å². The molecule has 0 radical (unpaired) electrons. The number of benzene rings is 1. The lowest BCUT2D eigenvalue weighted by Crippen LogP contribution is -1.81. The SMILES string of the molecule is Cc1nsc(Sc2cc(F)cc(C#N)c2)n1. The molecule has 2 aromatic rings. The third-order valence-corrected chi connectivity index (χ3v) is 3.53. The van der Waals surface area contributed by atoms with Crippen LogP contribution in [0.1, 0.15) is 11.4 Å². The molecule has 0 amide bonds. The summed E-state index contributed by atoms with van der Waals surface area (Å²) < 4.78 is 17.9. The van der Waals surface area contributed by atoms with E-state index >= 15 is 0 Å². The monoisotopic (exact) mass is 251 g/mol. The van der Waals surface area contributed by atoms with Crippen molar-refractivity contribution in [3.63, 3.8) is 0 Å². The van der Waals surface area contributed by atoms with Gasteiger partial charge in [-0.25, -0.2) is 9.37 Å². The van der Waals surface area contributed by atoms with Crippen molar-refractivity contribution in [3.05, 3.63) is 35.4 Å². The minimum atomic E-state index is -0.414. The maximum absolute atomic E-state index is 13.1. The van der Waals surface area contributed by atoms with Gasteiger partial charge in [0.05, 0.1) is 11.6 Å². The molecule has 0 aliphatic rings. The van der Waals surface area contributed by atoms with Crippen LogP contribution in [0.2, 0.25) is 0 Å². The Bertz CT molecular complexity index is 559. The Balaban J connectivity index is 2.28. The van der Waals surface area contributed by atoms with E-state index in [1.165, 1.54) is 35.4 Å². The van der Waals surface area contributed by atoms with Crippen LogP contribution in [0.3, 0.4) is 0 Å². The maximum Gasteiger partial charge on any atom is 0.174 e. The summed E-state index contributed by atoms with van der Waals surface area (Å²) in [6.07, 6.45) is 0. The Kier molecular flexibility index (Phi) is 3.17. The molecule has 0 N–H and O–H groups in total. The van der Waals surface area contributed by atoms with Crippen LogP contribution in [0.25, 0.3) is 0 Å². The molecular weight excluding hydrogens is 245 g/mol. The quantitative estimate of drug-likeness (QED) is 0.823. The van der Waals surface area contributed by atoms with Gasteiger partial charge >= 0.3 is 0 Å². The van der Waals surface area contributed by atoms with Crippen molar-refractivity contribution in [1.29, 1.82) is 5.26 Å². The minimum absolute atomic E-state index is 0.309. The summed E-state index contributed by atoms with van der Waals surface area (Å²) in [5.74, 6) is 0.284. The van der Waals surface area contributed by atoms with Gasteiger partial charge in [-0.05, 0) is 36.7 Å². The number of rotatable bonds is 2. The van der Waals surface area contributed by atoms with E-state index in [-0.39, 0.29) is 0 Å². The van der Waals surface area contributed by atoms with Crippen LogP contribution in [0.5, 0.6) is 0 Å². The number of hydrogen-bond donors (Lipinski definition) is 0. The summed E-state index contributed by atoms with van der Waals surface area (Å²) in [5, 5.41) is 8.71. The van der Waals surface area contributed by atoms with Crippen molar-refractivity contribution in [1.82, 2.24) is 9.36 Å². The molecule has 0 saturated carbocycles. The van der Waals surface area contributed by atoms with E-state index in [9.17, 15) is 4.39 Å². The Hall–Kier alpha value is -1.45. The van der Waals surface area contributed by atoms with Gasteiger partial charge in [-0.3, -0.25) is 0 Å². The molecule has 1 heterocycles. The van der Waals surface area contributed by atoms with E-state index in [1.807, 2.05) is 6.07 Å². The zero-order valence-corrected chi connectivity index (χ0v) is 9.90. The first-order valence-electron chi connectivity index (χ1n) is 4.36. The van der Waals surface area contributed by atoms with Crippen LogP contribution in [0.15, 0.2) is 27.4 Å². The molecule has 0 unspecified atom stereocenters. The molecule has 1 aromatic carbocycles. The second kappa shape index (κ2) is 4.60. The van der Waals surface area contributed by atoms with Gasteiger partial charge in [0.1, 0.15) is 11.6 Å². The van der Waals surface area contributed by atoms with E-state index in [1.54, 1.807) is 13.0 Å². The highest BCUT2D eigenvalue weighted by Gasteiger charge is 2.06. The van der Waals surface area contributed by atoms with Gasteiger partial charge in [0, 0.05) is 4.90 Å². The average molecular weight is 251 g/mol. The smallest absolute Gasteiger partial charge is 0.174 e. The highest BCUT2D eigenvalue weighted by molar-refractivity contribution is 8.01. The molecule has 0 aliphatic heterocycles. The predicted octanol–water partition coefficient (Wildman–Crippen LogP) is 3.01. The second-order valence-corrected chi connectivity index (χ2v) is 5.07. The molecule has 80 valence electrons. The van der Waals surface area contributed by atoms with Crippen LogP contribution >= 0.6 is 23.3 Å². The molecule has 0 spiro atoms. The highest BCUT2D eigenvalue weighted by atomic mass is 32.2. The summed E-state index contributed by atoms with van der Waals surface area (Å²) in [5.41, 5.74) is 0.309. The zero-order valence-electron chi connectivity index (χ0n) is 8.27. The van der Waals surface area contributed by atoms with Crippen molar-refractivity contribution >= 4 is 23.3 Å². The van der Waals surface area contributed by atoms with Crippen LogP contribution in [0, 0.1) is 24.1 Å². The number of halogens is 1. The summed E-state index contributed by atoms with van der Waals surface area (Å²) in [6, 6.07) is 6.12. The first-order chi connectivity index (χ1) is 7.67. The number of hydrogen-bond acceptors (Lipinski definition) is 5.